The summed E-state index contributed by atoms with van der Waals surface area (Å²) in [6, 6.07) is 17.6. The lowest BCUT2D eigenvalue weighted by Crippen LogP contribution is -2.33. The van der Waals surface area contributed by atoms with E-state index in [9.17, 15) is 14.4 Å². The number of hydrogen-bond donors (Lipinski definition) is 2. The number of carbonyl (C=O) groups is 1. The van der Waals surface area contributed by atoms with Gasteiger partial charge in [0, 0.05) is 6.54 Å². The molecule has 10 heteroatoms. The molecule has 4 rings (SSSR count). The van der Waals surface area contributed by atoms with Crippen LogP contribution in [0.1, 0.15) is 55.0 Å². The van der Waals surface area contributed by atoms with Gasteiger partial charge >= 0.3 is 17.5 Å². The predicted molar refractivity (Wildman–Crippen MR) is 164 cm³/mol. The molecule has 3 aromatic carbocycles. The van der Waals surface area contributed by atoms with Gasteiger partial charge in [0.05, 0.1) is 13.2 Å². The fourth-order valence-corrected chi connectivity index (χ4v) is 4.75. The van der Waals surface area contributed by atoms with Gasteiger partial charge in [0.25, 0.3) is 0 Å². The number of aryl methyl sites for hydroxylation is 2. The molecule has 0 fully saturated rings. The molecule has 0 unspecified atom stereocenters. The van der Waals surface area contributed by atoms with Crippen LogP contribution in [0.3, 0.4) is 0 Å². The van der Waals surface area contributed by atoms with Crippen molar-refractivity contribution >= 4 is 6.09 Å². The van der Waals surface area contributed by atoms with Crippen molar-refractivity contribution in [3.8, 4) is 22.6 Å². The van der Waals surface area contributed by atoms with Crippen molar-refractivity contribution in [2.24, 2.45) is 0 Å². The minimum atomic E-state index is -0.779. The summed E-state index contributed by atoms with van der Waals surface area (Å²) in [5, 5.41) is 2.75. The number of H-pyrrole nitrogens is 1. The first-order chi connectivity index (χ1) is 20.4. The van der Waals surface area contributed by atoms with Crippen LogP contribution in [-0.4, -0.2) is 34.6 Å². The summed E-state index contributed by atoms with van der Waals surface area (Å²) in [5.74, 6) is 0.700. The predicted octanol–water partition coefficient (Wildman–Crippen LogP) is 5.64. The van der Waals surface area contributed by atoms with Gasteiger partial charge in [-0.15, -0.1) is 4.74 Å². The van der Waals surface area contributed by atoms with E-state index < -0.39 is 23.1 Å². The zero-order chi connectivity index (χ0) is 31.1. The molecule has 4 aromatic rings. The second-order valence-corrected chi connectivity index (χ2v) is 11.4. The van der Waals surface area contributed by atoms with Crippen LogP contribution in [0, 0.1) is 20.8 Å². The van der Waals surface area contributed by atoms with E-state index >= 15 is 0 Å². The molecule has 0 saturated carbocycles. The van der Waals surface area contributed by atoms with Gasteiger partial charge in [0.1, 0.15) is 23.7 Å². The average Bonchev–Trinajstić information content (AvgIpc) is 3.24. The standard InChI is InChI=1S/C33H39N3O7/c1-21-17-27(40-16-8-15-34-31(38)42-33(4,5)6)18-22(2)29(21)28-10-7-9-25(23(28)3)20-41-26-13-11-24(12-14-26)19-36-30(37)35-32(39)43-36/h7,9-14,17-18H,8,15-16,19-20H2,1-6H3,(H,34,38)(H,35,37,39). The Bertz CT molecular complexity index is 1650. The Hall–Kier alpha value is -4.73. The SMILES string of the molecule is Cc1cc(OCCCNC(=O)OC(C)(C)C)cc(C)c1-c1cccc(COc2ccc(Cn3oc(=O)[nH]c3=O)cc2)c1C. The third-order valence-electron chi connectivity index (χ3n) is 6.75. The second kappa shape index (κ2) is 13.5. The number of amides is 1. The van der Waals surface area contributed by atoms with E-state index in [0.29, 0.717) is 31.9 Å². The molecular formula is C33H39N3O7. The summed E-state index contributed by atoms with van der Waals surface area (Å²) < 4.78 is 23.1. The maximum Gasteiger partial charge on any atom is 0.440 e. The van der Waals surface area contributed by atoms with Gasteiger partial charge in [0.15, 0.2) is 0 Å². The summed E-state index contributed by atoms with van der Waals surface area (Å²) in [6.07, 6.45) is 0.234. The summed E-state index contributed by atoms with van der Waals surface area (Å²) in [5.41, 5.74) is 6.41. The molecule has 43 heavy (non-hydrogen) atoms. The molecule has 0 radical (unpaired) electrons. The number of alkyl carbamates (subject to hydrolysis) is 1. The molecule has 0 saturated heterocycles. The zero-order valence-corrected chi connectivity index (χ0v) is 25.5. The summed E-state index contributed by atoms with van der Waals surface area (Å²) in [6.45, 7) is 13.2. The maximum absolute atomic E-state index is 11.8. The van der Waals surface area contributed by atoms with Crippen molar-refractivity contribution in [1.29, 1.82) is 0 Å². The molecule has 0 aliphatic heterocycles. The van der Waals surface area contributed by atoms with Gasteiger partial charge in [-0.1, -0.05) is 30.3 Å². The van der Waals surface area contributed by atoms with Gasteiger partial charge < -0.3 is 24.1 Å². The van der Waals surface area contributed by atoms with Crippen molar-refractivity contribution in [2.75, 3.05) is 13.2 Å². The number of aromatic nitrogens is 2. The lowest BCUT2D eigenvalue weighted by Gasteiger charge is -2.19. The highest BCUT2D eigenvalue weighted by Crippen LogP contribution is 2.34. The first-order valence-corrected chi connectivity index (χ1v) is 14.2. The van der Waals surface area contributed by atoms with Gasteiger partial charge in [-0.2, -0.15) is 0 Å². The van der Waals surface area contributed by atoms with Gasteiger partial charge in [-0.25, -0.2) is 19.4 Å². The molecular weight excluding hydrogens is 550 g/mol. The number of ether oxygens (including phenoxy) is 3. The Balaban J connectivity index is 1.35. The van der Waals surface area contributed by atoms with E-state index in [-0.39, 0.29) is 6.54 Å². The first-order valence-electron chi connectivity index (χ1n) is 14.2. The zero-order valence-electron chi connectivity index (χ0n) is 25.5. The monoisotopic (exact) mass is 589 g/mol. The van der Waals surface area contributed by atoms with E-state index in [0.717, 1.165) is 49.4 Å². The fourth-order valence-electron chi connectivity index (χ4n) is 4.75. The molecule has 0 aliphatic rings. The topological polar surface area (TPSA) is 125 Å². The molecule has 228 valence electrons. The number of rotatable bonds is 11. The van der Waals surface area contributed by atoms with Crippen LogP contribution in [0.5, 0.6) is 11.5 Å². The highest BCUT2D eigenvalue weighted by molar-refractivity contribution is 5.75. The Morgan fingerprint density at radius 2 is 1.65 bits per heavy atom. The Kier molecular flexibility index (Phi) is 9.80. The fraction of sp³-hybridized carbons (Fsp3) is 0.364. The lowest BCUT2D eigenvalue weighted by atomic mass is 9.90. The van der Waals surface area contributed by atoms with Gasteiger partial charge in [-0.05, 0) is 111 Å². The molecule has 1 aromatic heterocycles. The number of aromatic amines is 1. The smallest absolute Gasteiger partial charge is 0.440 e. The average molecular weight is 590 g/mol. The van der Waals surface area contributed by atoms with E-state index in [1.807, 2.05) is 63.2 Å². The van der Waals surface area contributed by atoms with Crippen LogP contribution >= 0.6 is 0 Å². The Labute approximate surface area is 250 Å². The molecule has 0 bridgehead atoms. The largest absolute Gasteiger partial charge is 0.494 e. The third-order valence-corrected chi connectivity index (χ3v) is 6.75. The van der Waals surface area contributed by atoms with Crippen LogP contribution in [0.15, 0.2) is 68.7 Å². The van der Waals surface area contributed by atoms with E-state index in [1.165, 1.54) is 0 Å². The van der Waals surface area contributed by atoms with Crippen LogP contribution in [-0.2, 0) is 17.9 Å². The third kappa shape index (κ3) is 8.64. The Morgan fingerprint density at radius 1 is 0.953 bits per heavy atom. The summed E-state index contributed by atoms with van der Waals surface area (Å²) in [4.78, 5) is 36.7. The van der Waals surface area contributed by atoms with Crippen LogP contribution in [0.4, 0.5) is 4.79 Å². The summed E-state index contributed by atoms with van der Waals surface area (Å²) in [7, 11) is 0. The minimum absolute atomic E-state index is 0.146. The number of carbonyl (C=O) groups excluding carboxylic acids is 1. The number of nitrogens with one attached hydrogen (secondary N) is 2. The minimum Gasteiger partial charge on any atom is -0.494 e. The number of benzene rings is 3. The molecule has 2 N–H and O–H groups in total. The molecule has 0 aliphatic carbocycles. The van der Waals surface area contributed by atoms with Crippen LogP contribution in [0.2, 0.25) is 0 Å². The van der Waals surface area contributed by atoms with Crippen molar-refractivity contribution in [3.63, 3.8) is 0 Å². The Morgan fingerprint density at radius 3 is 2.28 bits per heavy atom. The van der Waals surface area contributed by atoms with Crippen LogP contribution in [0.25, 0.3) is 11.1 Å². The maximum atomic E-state index is 11.8. The van der Waals surface area contributed by atoms with Crippen molar-refractivity contribution < 1.29 is 23.5 Å². The van der Waals surface area contributed by atoms with Gasteiger partial charge in [-0.3, -0.25) is 0 Å². The highest BCUT2D eigenvalue weighted by Gasteiger charge is 2.16. The lowest BCUT2D eigenvalue weighted by molar-refractivity contribution is 0.0525. The van der Waals surface area contributed by atoms with Gasteiger partial charge in [0.2, 0.25) is 0 Å². The number of hydrogen-bond acceptors (Lipinski definition) is 7. The molecule has 10 nitrogen and oxygen atoms in total. The molecule has 1 heterocycles. The van der Waals surface area contributed by atoms with Crippen molar-refractivity contribution in [3.05, 3.63) is 103 Å². The van der Waals surface area contributed by atoms with E-state index in [4.69, 9.17) is 18.7 Å². The normalized spacial score (nSPS) is 11.3. The van der Waals surface area contributed by atoms with Crippen LogP contribution < -0.4 is 26.2 Å². The number of nitrogens with zero attached hydrogens (tertiary/aromatic N) is 1. The van der Waals surface area contributed by atoms with Crippen molar-refractivity contribution in [1.82, 2.24) is 15.0 Å². The van der Waals surface area contributed by atoms with Crippen molar-refractivity contribution in [2.45, 2.75) is 66.7 Å². The molecule has 0 atom stereocenters. The summed E-state index contributed by atoms with van der Waals surface area (Å²) >= 11 is 0. The van der Waals surface area contributed by atoms with E-state index in [2.05, 4.69) is 43.2 Å². The first kappa shape index (κ1) is 31.2. The highest BCUT2D eigenvalue weighted by atomic mass is 16.6. The molecule has 0 spiro atoms. The van der Waals surface area contributed by atoms with E-state index in [1.54, 1.807) is 0 Å². The molecule has 1 amide bonds. The second-order valence-electron chi connectivity index (χ2n) is 11.4. The quantitative estimate of drug-likeness (QED) is 0.217.